The minimum absolute atomic E-state index is 0.0212. The molecule has 2 aromatic heterocycles. The smallest absolute Gasteiger partial charge is 0.125 e. The highest BCUT2D eigenvalue weighted by atomic mass is 35.5. The molecule has 8 heteroatoms. The van der Waals surface area contributed by atoms with Gasteiger partial charge < -0.3 is 10.1 Å². The van der Waals surface area contributed by atoms with Gasteiger partial charge >= 0.3 is 0 Å². The van der Waals surface area contributed by atoms with Crippen molar-refractivity contribution >= 4 is 22.9 Å². The van der Waals surface area contributed by atoms with E-state index in [4.69, 9.17) is 16.3 Å². The molecule has 27 heavy (non-hydrogen) atoms. The van der Waals surface area contributed by atoms with E-state index in [0.717, 1.165) is 35.8 Å². The van der Waals surface area contributed by atoms with E-state index in [9.17, 15) is 4.39 Å². The van der Waals surface area contributed by atoms with E-state index in [-0.39, 0.29) is 17.5 Å². The van der Waals surface area contributed by atoms with Crippen molar-refractivity contribution in [1.29, 1.82) is 0 Å². The predicted octanol–water partition coefficient (Wildman–Crippen LogP) is 4.01. The average molecular weight is 405 g/mol. The first-order valence-electron chi connectivity index (χ1n) is 8.97. The highest BCUT2D eigenvalue weighted by molar-refractivity contribution is 7.16. The Labute approximate surface area is 165 Å². The lowest BCUT2D eigenvalue weighted by Crippen LogP contribution is -2.45. The highest BCUT2D eigenvalue weighted by Crippen LogP contribution is 2.48. The Morgan fingerprint density at radius 2 is 2.30 bits per heavy atom. The monoisotopic (exact) mass is 404 g/mol. The molecule has 140 valence electrons. The molecule has 5 rings (SSSR count). The summed E-state index contributed by atoms with van der Waals surface area (Å²) in [6.45, 7) is 1.54. The van der Waals surface area contributed by atoms with Crippen molar-refractivity contribution in [2.24, 2.45) is 0 Å². The van der Waals surface area contributed by atoms with Gasteiger partial charge in [-0.2, -0.15) is 0 Å². The molecule has 0 amide bonds. The topological polar surface area (TPSA) is 52.0 Å². The van der Waals surface area contributed by atoms with Gasteiger partial charge in [0.15, 0.2) is 0 Å². The van der Waals surface area contributed by atoms with Crippen molar-refractivity contribution in [3.63, 3.8) is 0 Å². The summed E-state index contributed by atoms with van der Waals surface area (Å²) < 4.78 is 22.2. The Morgan fingerprint density at radius 3 is 3.19 bits per heavy atom. The lowest BCUT2D eigenvalue weighted by molar-refractivity contribution is -0.0871. The molecule has 0 radical (unpaired) electrons. The number of aromatic nitrogens is 3. The van der Waals surface area contributed by atoms with Crippen molar-refractivity contribution < 1.29 is 9.13 Å². The van der Waals surface area contributed by atoms with E-state index >= 15 is 0 Å². The molecule has 0 aliphatic carbocycles. The maximum Gasteiger partial charge on any atom is 0.125 e. The maximum atomic E-state index is 13.5. The third-order valence-corrected chi connectivity index (χ3v) is 6.83. The molecular formula is C19H18ClFN4OS. The summed E-state index contributed by atoms with van der Waals surface area (Å²) in [5.74, 6) is -0.294. The van der Waals surface area contributed by atoms with E-state index in [1.165, 1.54) is 22.6 Å². The summed E-state index contributed by atoms with van der Waals surface area (Å²) in [4.78, 5) is 1.25. The largest absolute Gasteiger partial charge is 0.369 e. The highest BCUT2D eigenvalue weighted by Gasteiger charge is 2.44. The van der Waals surface area contributed by atoms with Crippen LogP contribution in [0.15, 0.2) is 36.5 Å². The Bertz CT molecular complexity index is 990. The molecule has 0 unspecified atom stereocenters. The molecule has 1 aromatic carbocycles. The number of piperidine rings is 1. The summed E-state index contributed by atoms with van der Waals surface area (Å²) in [6.07, 6.45) is 4.45. The van der Waals surface area contributed by atoms with E-state index < -0.39 is 0 Å². The normalized spacial score (nSPS) is 24.9. The zero-order valence-corrected chi connectivity index (χ0v) is 16.1. The molecule has 4 heterocycles. The van der Waals surface area contributed by atoms with E-state index in [1.54, 1.807) is 22.1 Å². The van der Waals surface area contributed by atoms with Crippen LogP contribution in [0.25, 0.3) is 5.69 Å². The van der Waals surface area contributed by atoms with Crippen LogP contribution in [-0.2, 0) is 16.8 Å². The van der Waals surface area contributed by atoms with Crippen molar-refractivity contribution in [2.45, 2.75) is 30.9 Å². The Morgan fingerprint density at radius 1 is 1.37 bits per heavy atom. The summed E-state index contributed by atoms with van der Waals surface area (Å²) in [7, 11) is 0. The quantitative estimate of drug-likeness (QED) is 0.701. The summed E-state index contributed by atoms with van der Waals surface area (Å²) >= 11 is 7.91. The Kier molecular flexibility index (Phi) is 4.27. The van der Waals surface area contributed by atoms with Crippen LogP contribution in [0.3, 0.4) is 0 Å². The lowest BCUT2D eigenvalue weighted by Gasteiger charge is -2.43. The number of ether oxygens (including phenoxy) is 1. The number of rotatable bonds is 2. The maximum absolute atomic E-state index is 13.5. The van der Waals surface area contributed by atoms with Crippen LogP contribution in [0.1, 0.15) is 35.0 Å². The summed E-state index contributed by atoms with van der Waals surface area (Å²) in [5.41, 5.74) is 2.47. The number of hydrogen-bond acceptors (Lipinski definition) is 5. The minimum atomic E-state index is -0.316. The van der Waals surface area contributed by atoms with Crippen LogP contribution in [0.2, 0.25) is 4.34 Å². The Hall–Kier alpha value is -1.80. The fourth-order valence-corrected chi connectivity index (χ4v) is 5.55. The van der Waals surface area contributed by atoms with Gasteiger partial charge in [-0.05, 0) is 49.2 Å². The SMILES string of the molecule is Fc1cccc(-n2cc([C@@H]3C[C@]4(CCN3)OCCc3cc(Cl)sc34)nn2)c1. The average Bonchev–Trinajstić information content (AvgIpc) is 3.29. The number of hydrogen-bond donors (Lipinski definition) is 1. The van der Waals surface area contributed by atoms with Crippen LogP contribution >= 0.6 is 22.9 Å². The van der Waals surface area contributed by atoms with E-state index in [0.29, 0.717) is 12.3 Å². The van der Waals surface area contributed by atoms with E-state index in [2.05, 4.69) is 21.7 Å². The zero-order valence-electron chi connectivity index (χ0n) is 14.5. The van der Waals surface area contributed by atoms with Gasteiger partial charge in [0.2, 0.25) is 0 Å². The van der Waals surface area contributed by atoms with Gasteiger partial charge in [0.1, 0.15) is 17.1 Å². The molecule has 0 bridgehead atoms. The molecule has 5 nitrogen and oxygen atoms in total. The van der Waals surface area contributed by atoms with Crippen molar-refractivity contribution in [3.8, 4) is 5.69 Å². The van der Waals surface area contributed by atoms with Crippen LogP contribution in [0.5, 0.6) is 0 Å². The van der Waals surface area contributed by atoms with Gasteiger partial charge in [-0.1, -0.05) is 22.9 Å². The first-order chi connectivity index (χ1) is 13.1. The number of thiophene rings is 1. The second-order valence-electron chi connectivity index (χ2n) is 7.03. The van der Waals surface area contributed by atoms with Gasteiger partial charge in [-0.3, -0.25) is 0 Å². The molecule has 3 aromatic rings. The third-order valence-electron chi connectivity index (χ3n) is 5.34. The van der Waals surface area contributed by atoms with Gasteiger partial charge in [-0.25, -0.2) is 9.07 Å². The minimum Gasteiger partial charge on any atom is -0.369 e. The number of halogens is 2. The second-order valence-corrected chi connectivity index (χ2v) is 8.71. The molecular weight excluding hydrogens is 387 g/mol. The first kappa shape index (κ1) is 17.3. The standard InChI is InChI=1S/C19H18ClFN4OS/c20-17-8-12-4-7-26-19(18(12)27-17)5-6-22-15(10-19)16-11-25(24-23-16)14-3-1-2-13(21)9-14/h1-3,8-9,11,15,22H,4-7,10H2/t15-,19-/m0/s1. The lowest BCUT2D eigenvalue weighted by atomic mass is 9.82. The molecule has 1 N–H and O–H groups in total. The zero-order chi connectivity index (χ0) is 18.4. The van der Waals surface area contributed by atoms with Crippen molar-refractivity contribution in [3.05, 3.63) is 62.8 Å². The third kappa shape index (κ3) is 3.08. The Balaban J connectivity index is 1.44. The number of nitrogens with zero attached hydrogens (tertiary/aromatic N) is 3. The summed E-state index contributed by atoms with van der Waals surface area (Å²) in [5, 5.41) is 12.0. The van der Waals surface area contributed by atoms with E-state index in [1.807, 2.05) is 12.3 Å². The van der Waals surface area contributed by atoms with Gasteiger partial charge in [-0.15, -0.1) is 16.4 Å². The molecule has 2 aliphatic rings. The summed E-state index contributed by atoms with van der Waals surface area (Å²) in [6, 6.07) is 8.42. The van der Waals surface area contributed by atoms with Gasteiger partial charge in [0.25, 0.3) is 0 Å². The molecule has 2 aliphatic heterocycles. The number of fused-ring (bicyclic) bond motifs is 2. The van der Waals surface area contributed by atoms with Crippen molar-refractivity contribution in [1.82, 2.24) is 20.3 Å². The number of benzene rings is 1. The van der Waals surface area contributed by atoms with Gasteiger partial charge in [0.05, 0.1) is 28.9 Å². The molecule has 1 spiro atoms. The second kappa shape index (κ2) is 6.67. The van der Waals surface area contributed by atoms with Crippen LogP contribution < -0.4 is 5.32 Å². The van der Waals surface area contributed by atoms with Crippen LogP contribution in [-0.4, -0.2) is 28.1 Å². The van der Waals surface area contributed by atoms with Crippen LogP contribution in [0, 0.1) is 5.82 Å². The molecule has 2 atom stereocenters. The predicted molar refractivity (Wildman–Crippen MR) is 102 cm³/mol. The first-order valence-corrected chi connectivity index (χ1v) is 10.2. The van der Waals surface area contributed by atoms with Crippen molar-refractivity contribution in [2.75, 3.05) is 13.2 Å². The van der Waals surface area contributed by atoms with Gasteiger partial charge in [0, 0.05) is 11.3 Å². The van der Waals surface area contributed by atoms with Crippen LogP contribution in [0.4, 0.5) is 4.39 Å². The molecule has 1 fully saturated rings. The molecule has 0 saturated carbocycles. The molecule has 1 saturated heterocycles. The fourth-order valence-electron chi connectivity index (χ4n) is 4.07. The number of nitrogens with one attached hydrogen (secondary N) is 1. The fraction of sp³-hybridized carbons (Fsp3) is 0.368.